The van der Waals surface area contributed by atoms with Gasteiger partial charge in [-0.05, 0) is 41.1 Å². The topological polar surface area (TPSA) is 73.9 Å². The van der Waals surface area contributed by atoms with Crippen LogP contribution in [0.1, 0.15) is 10.4 Å². The lowest BCUT2D eigenvalue weighted by Gasteiger charge is -2.18. The van der Waals surface area contributed by atoms with E-state index in [4.69, 9.17) is 14.2 Å². The molecule has 27 heavy (non-hydrogen) atoms. The van der Waals surface area contributed by atoms with Crippen molar-refractivity contribution in [3.8, 4) is 11.5 Å². The molecule has 0 saturated heterocycles. The highest BCUT2D eigenvalue weighted by Crippen LogP contribution is 2.28. The lowest BCUT2D eigenvalue weighted by atomic mass is 10.1. The van der Waals surface area contributed by atoms with Gasteiger partial charge < -0.3 is 19.5 Å². The van der Waals surface area contributed by atoms with Crippen LogP contribution in [-0.2, 0) is 9.53 Å². The molecule has 1 heterocycles. The highest BCUT2D eigenvalue weighted by molar-refractivity contribution is 5.98. The summed E-state index contributed by atoms with van der Waals surface area (Å²) in [4.78, 5) is 23.5. The van der Waals surface area contributed by atoms with Gasteiger partial charge in [-0.25, -0.2) is 4.79 Å². The first-order chi connectivity index (χ1) is 13.2. The molecule has 1 aliphatic rings. The van der Waals surface area contributed by atoms with E-state index in [1.54, 1.807) is 18.2 Å². The number of rotatable bonds is 5. The number of ether oxygens (including phenoxy) is 3. The van der Waals surface area contributed by atoms with Crippen LogP contribution in [0, 0.1) is 0 Å². The van der Waals surface area contributed by atoms with E-state index in [1.165, 1.54) is 0 Å². The molecule has 0 fully saturated rings. The maximum atomic E-state index is 12.2. The molecular formula is C21H17NO5. The molecule has 6 heteroatoms. The molecule has 0 bridgehead atoms. The van der Waals surface area contributed by atoms with Crippen molar-refractivity contribution in [2.24, 2.45) is 0 Å². The SMILES string of the molecule is O=C1COc2ccc(C(=O)OCCOc3ccc4ccccc4c3)cc2N1. The average Bonchev–Trinajstić information content (AvgIpc) is 2.70. The van der Waals surface area contributed by atoms with E-state index in [1.807, 2.05) is 42.5 Å². The Balaban J connectivity index is 1.31. The summed E-state index contributed by atoms with van der Waals surface area (Å²) in [6.45, 7) is 0.337. The van der Waals surface area contributed by atoms with Gasteiger partial charge in [0.2, 0.25) is 0 Å². The minimum atomic E-state index is -0.486. The molecule has 1 aliphatic heterocycles. The molecule has 3 aromatic carbocycles. The van der Waals surface area contributed by atoms with E-state index >= 15 is 0 Å². The van der Waals surface area contributed by atoms with Crippen molar-refractivity contribution in [1.29, 1.82) is 0 Å². The minimum Gasteiger partial charge on any atom is -0.490 e. The summed E-state index contributed by atoms with van der Waals surface area (Å²) in [6.07, 6.45) is 0. The molecule has 6 nitrogen and oxygen atoms in total. The third-order valence-corrected chi connectivity index (χ3v) is 4.15. The quantitative estimate of drug-likeness (QED) is 0.555. The number of hydrogen-bond donors (Lipinski definition) is 1. The summed E-state index contributed by atoms with van der Waals surface area (Å²) in [6, 6.07) is 18.6. The fraction of sp³-hybridized carbons (Fsp3) is 0.143. The lowest BCUT2D eigenvalue weighted by molar-refractivity contribution is -0.118. The number of carbonyl (C=O) groups excluding carboxylic acids is 2. The summed E-state index contributed by atoms with van der Waals surface area (Å²) in [7, 11) is 0. The molecule has 136 valence electrons. The van der Waals surface area contributed by atoms with Crippen LogP contribution in [0.5, 0.6) is 11.5 Å². The molecular weight excluding hydrogens is 346 g/mol. The number of nitrogens with one attached hydrogen (secondary N) is 1. The van der Waals surface area contributed by atoms with Crippen LogP contribution in [0.25, 0.3) is 10.8 Å². The Kier molecular flexibility index (Phi) is 4.61. The maximum Gasteiger partial charge on any atom is 0.338 e. The first kappa shape index (κ1) is 16.9. The predicted octanol–water partition coefficient (Wildman–Crippen LogP) is 3.41. The van der Waals surface area contributed by atoms with Crippen LogP contribution in [0.3, 0.4) is 0 Å². The molecule has 0 aliphatic carbocycles. The van der Waals surface area contributed by atoms with Gasteiger partial charge in [-0.3, -0.25) is 4.79 Å². The van der Waals surface area contributed by atoms with Crippen molar-refractivity contribution in [3.63, 3.8) is 0 Å². The van der Waals surface area contributed by atoms with E-state index in [2.05, 4.69) is 5.32 Å². The largest absolute Gasteiger partial charge is 0.490 e. The highest BCUT2D eigenvalue weighted by atomic mass is 16.6. The van der Waals surface area contributed by atoms with Gasteiger partial charge in [0.25, 0.3) is 5.91 Å². The van der Waals surface area contributed by atoms with Crippen molar-refractivity contribution >= 4 is 28.3 Å². The molecule has 3 aromatic rings. The number of esters is 1. The molecule has 0 aromatic heterocycles. The van der Waals surface area contributed by atoms with Crippen LogP contribution in [0.2, 0.25) is 0 Å². The van der Waals surface area contributed by atoms with E-state index in [9.17, 15) is 9.59 Å². The maximum absolute atomic E-state index is 12.2. The summed E-state index contributed by atoms with van der Waals surface area (Å²) in [5.41, 5.74) is 0.804. The van der Waals surface area contributed by atoms with Crippen molar-refractivity contribution in [3.05, 3.63) is 66.2 Å². The second-order valence-electron chi connectivity index (χ2n) is 6.04. The van der Waals surface area contributed by atoms with Gasteiger partial charge in [0.05, 0.1) is 11.3 Å². The van der Waals surface area contributed by atoms with Gasteiger partial charge in [0, 0.05) is 0 Å². The normalized spacial score (nSPS) is 12.7. The Morgan fingerprint density at radius 3 is 2.74 bits per heavy atom. The monoisotopic (exact) mass is 363 g/mol. The highest BCUT2D eigenvalue weighted by Gasteiger charge is 2.18. The fourth-order valence-electron chi connectivity index (χ4n) is 2.84. The third-order valence-electron chi connectivity index (χ3n) is 4.15. The summed E-state index contributed by atoms with van der Waals surface area (Å²) < 4.78 is 16.2. The summed E-state index contributed by atoms with van der Waals surface area (Å²) in [5.74, 6) is 0.515. The van der Waals surface area contributed by atoms with E-state index in [0.29, 0.717) is 17.0 Å². The Morgan fingerprint density at radius 2 is 1.85 bits per heavy atom. The van der Waals surface area contributed by atoms with Crippen molar-refractivity contribution in [1.82, 2.24) is 0 Å². The molecule has 1 amide bonds. The van der Waals surface area contributed by atoms with Gasteiger partial charge >= 0.3 is 5.97 Å². The minimum absolute atomic E-state index is 0.0249. The Morgan fingerprint density at radius 1 is 1.00 bits per heavy atom. The summed E-state index contributed by atoms with van der Waals surface area (Å²) in [5, 5.41) is 4.89. The zero-order valence-corrected chi connectivity index (χ0v) is 14.4. The first-order valence-electron chi connectivity index (χ1n) is 8.54. The molecule has 1 N–H and O–H groups in total. The molecule has 4 rings (SSSR count). The lowest BCUT2D eigenvalue weighted by Crippen LogP contribution is -2.25. The number of anilines is 1. The van der Waals surface area contributed by atoms with Gasteiger partial charge in [-0.15, -0.1) is 0 Å². The number of hydrogen-bond acceptors (Lipinski definition) is 5. The van der Waals surface area contributed by atoms with Crippen LogP contribution in [0.4, 0.5) is 5.69 Å². The molecule has 0 unspecified atom stereocenters. The van der Waals surface area contributed by atoms with Gasteiger partial charge in [0.15, 0.2) is 6.61 Å². The molecule has 0 atom stereocenters. The third kappa shape index (κ3) is 3.84. The van der Waals surface area contributed by atoms with Crippen LogP contribution in [0.15, 0.2) is 60.7 Å². The number of fused-ring (bicyclic) bond motifs is 2. The van der Waals surface area contributed by atoms with E-state index < -0.39 is 5.97 Å². The van der Waals surface area contributed by atoms with E-state index in [0.717, 1.165) is 16.5 Å². The average molecular weight is 363 g/mol. The zero-order chi connectivity index (χ0) is 18.6. The second-order valence-corrected chi connectivity index (χ2v) is 6.04. The molecule has 0 spiro atoms. The van der Waals surface area contributed by atoms with Crippen LogP contribution >= 0.6 is 0 Å². The standard InChI is InChI=1S/C21H17NO5/c23-20-13-27-19-8-6-16(12-18(19)22-20)21(24)26-10-9-25-17-7-5-14-3-1-2-4-15(14)11-17/h1-8,11-12H,9-10,13H2,(H,22,23). The first-order valence-corrected chi connectivity index (χ1v) is 8.54. The van der Waals surface area contributed by atoms with Crippen LogP contribution in [-0.4, -0.2) is 31.7 Å². The van der Waals surface area contributed by atoms with E-state index in [-0.39, 0.29) is 25.7 Å². The second kappa shape index (κ2) is 7.37. The smallest absolute Gasteiger partial charge is 0.338 e. The molecule has 0 radical (unpaired) electrons. The van der Waals surface area contributed by atoms with Crippen molar-refractivity contribution < 1.29 is 23.8 Å². The number of amides is 1. The molecule has 0 saturated carbocycles. The Bertz CT molecular complexity index is 1010. The van der Waals surface area contributed by atoms with Gasteiger partial charge in [-0.1, -0.05) is 30.3 Å². The number of carbonyl (C=O) groups is 2. The zero-order valence-electron chi connectivity index (χ0n) is 14.4. The fourth-order valence-corrected chi connectivity index (χ4v) is 2.84. The Labute approximate surface area is 155 Å². The van der Waals surface area contributed by atoms with Crippen molar-refractivity contribution in [2.75, 3.05) is 25.1 Å². The van der Waals surface area contributed by atoms with Crippen molar-refractivity contribution in [2.45, 2.75) is 0 Å². The Hall–Kier alpha value is -3.54. The van der Waals surface area contributed by atoms with Gasteiger partial charge in [-0.2, -0.15) is 0 Å². The summed E-state index contributed by atoms with van der Waals surface area (Å²) >= 11 is 0. The predicted molar refractivity (Wildman–Crippen MR) is 100 cm³/mol. The van der Waals surface area contributed by atoms with Gasteiger partial charge in [0.1, 0.15) is 24.7 Å². The number of benzene rings is 3. The van der Waals surface area contributed by atoms with Crippen LogP contribution < -0.4 is 14.8 Å².